The van der Waals surface area contributed by atoms with E-state index in [2.05, 4.69) is 36.9 Å². The summed E-state index contributed by atoms with van der Waals surface area (Å²) in [4.78, 5) is 22.4. The second-order valence-electron chi connectivity index (χ2n) is 10.2. The van der Waals surface area contributed by atoms with Crippen LogP contribution >= 0.6 is 0 Å². The van der Waals surface area contributed by atoms with E-state index in [4.69, 9.17) is 10.00 Å². The largest absolute Gasteiger partial charge is 0.444 e. The predicted octanol–water partition coefficient (Wildman–Crippen LogP) is 4.92. The first-order valence-corrected chi connectivity index (χ1v) is 12.4. The summed E-state index contributed by atoms with van der Waals surface area (Å²) in [6.07, 6.45) is 4.41. The molecule has 1 saturated heterocycles. The number of carbonyl (C=O) groups is 1. The molecule has 2 N–H and O–H groups in total. The molecule has 1 aliphatic heterocycles. The van der Waals surface area contributed by atoms with Crippen LogP contribution in [0.25, 0.3) is 11.3 Å². The zero-order chi connectivity index (χ0) is 26.4. The van der Waals surface area contributed by atoms with Gasteiger partial charge in [0.2, 0.25) is 0 Å². The van der Waals surface area contributed by atoms with Crippen LogP contribution in [0, 0.1) is 24.2 Å². The lowest BCUT2D eigenvalue weighted by Gasteiger charge is -2.33. The van der Waals surface area contributed by atoms with Crippen LogP contribution in [0.2, 0.25) is 0 Å². The molecule has 0 aliphatic carbocycles. The summed E-state index contributed by atoms with van der Waals surface area (Å²) in [6, 6.07) is 12.0. The number of hydrogen-bond donors (Lipinski definition) is 2. The predicted molar refractivity (Wildman–Crippen MR) is 141 cm³/mol. The van der Waals surface area contributed by atoms with E-state index >= 15 is 0 Å². The highest BCUT2D eigenvalue weighted by Crippen LogP contribution is 2.29. The molecular formula is C27H32N8O2. The van der Waals surface area contributed by atoms with Crippen molar-refractivity contribution in [1.82, 2.24) is 25.1 Å². The van der Waals surface area contributed by atoms with Gasteiger partial charge in [0, 0.05) is 31.3 Å². The van der Waals surface area contributed by atoms with E-state index in [1.165, 1.54) is 12.4 Å². The summed E-state index contributed by atoms with van der Waals surface area (Å²) >= 11 is 0. The number of ether oxygens (including phenoxy) is 1. The topological polar surface area (TPSA) is 129 Å². The number of nitrogens with one attached hydrogen (secondary N) is 2. The van der Waals surface area contributed by atoms with Crippen LogP contribution in [-0.2, 0) is 4.74 Å². The molecule has 192 valence electrons. The van der Waals surface area contributed by atoms with Crippen molar-refractivity contribution in [3.63, 3.8) is 0 Å². The molecule has 0 unspecified atom stereocenters. The molecule has 4 rings (SSSR count). The molecule has 3 aromatic rings. The van der Waals surface area contributed by atoms with Crippen molar-refractivity contribution < 1.29 is 9.53 Å². The minimum Gasteiger partial charge on any atom is -0.444 e. The Hall–Kier alpha value is -4.26. The highest BCUT2D eigenvalue weighted by Gasteiger charge is 2.27. The van der Waals surface area contributed by atoms with Crippen molar-refractivity contribution >= 4 is 23.4 Å². The van der Waals surface area contributed by atoms with Crippen molar-refractivity contribution in [2.75, 3.05) is 30.3 Å². The van der Waals surface area contributed by atoms with Crippen molar-refractivity contribution in [3.8, 4) is 17.3 Å². The van der Waals surface area contributed by atoms with Gasteiger partial charge in [-0.05, 0) is 52.5 Å². The van der Waals surface area contributed by atoms with Gasteiger partial charge in [-0.2, -0.15) is 5.26 Å². The lowest BCUT2D eigenvalue weighted by Crippen LogP contribution is -2.42. The third-order valence-corrected chi connectivity index (χ3v) is 5.96. The number of carbonyl (C=O) groups excluding carboxylic acids is 1. The average Bonchev–Trinajstić information content (AvgIpc) is 2.87. The van der Waals surface area contributed by atoms with Gasteiger partial charge in [-0.15, -0.1) is 10.2 Å². The lowest BCUT2D eigenvalue weighted by molar-refractivity contribution is 0.0188. The summed E-state index contributed by atoms with van der Waals surface area (Å²) in [5, 5.41) is 24.5. The van der Waals surface area contributed by atoms with Crippen molar-refractivity contribution in [3.05, 3.63) is 54.0 Å². The summed E-state index contributed by atoms with van der Waals surface area (Å²) in [5.41, 5.74) is 3.46. The Balaban J connectivity index is 1.46. The monoisotopic (exact) mass is 500 g/mol. The zero-order valence-electron chi connectivity index (χ0n) is 21.7. The maximum absolute atomic E-state index is 12.4. The van der Waals surface area contributed by atoms with Gasteiger partial charge in [-0.25, -0.2) is 14.8 Å². The van der Waals surface area contributed by atoms with E-state index in [0.717, 1.165) is 41.9 Å². The molecule has 10 nitrogen and oxygen atoms in total. The van der Waals surface area contributed by atoms with E-state index < -0.39 is 5.60 Å². The van der Waals surface area contributed by atoms with E-state index in [-0.39, 0.29) is 11.8 Å². The van der Waals surface area contributed by atoms with Crippen molar-refractivity contribution in [2.24, 2.45) is 5.92 Å². The first kappa shape index (κ1) is 25.8. The third kappa shape index (κ3) is 7.13. The van der Waals surface area contributed by atoms with Crippen LogP contribution in [0.3, 0.4) is 0 Å². The maximum atomic E-state index is 12.4. The minimum atomic E-state index is -0.495. The highest BCUT2D eigenvalue weighted by atomic mass is 16.6. The molecule has 0 radical (unpaired) electrons. The number of benzene rings is 1. The first-order valence-electron chi connectivity index (χ1n) is 12.4. The van der Waals surface area contributed by atoms with E-state index in [1.807, 2.05) is 58.0 Å². The SMILES string of the molecule is Cc1cccc(-c2nnc(Nc3cnc(C#N)cn3)cc2NCC2CCN(C(=O)OC(C)(C)C)CC2)c1. The van der Waals surface area contributed by atoms with Crippen LogP contribution in [0.5, 0.6) is 0 Å². The molecular weight excluding hydrogens is 468 g/mol. The zero-order valence-corrected chi connectivity index (χ0v) is 21.7. The number of aryl methyl sites for hydroxylation is 1. The number of nitriles is 1. The number of amides is 1. The third-order valence-electron chi connectivity index (χ3n) is 5.96. The lowest BCUT2D eigenvalue weighted by atomic mass is 9.96. The number of nitrogens with zero attached hydrogens (tertiary/aromatic N) is 6. The average molecular weight is 501 g/mol. The summed E-state index contributed by atoms with van der Waals surface area (Å²) in [7, 11) is 0. The standard InChI is InChI=1S/C27H32N8O2/c1-18-6-5-7-20(12-18)25-22(13-23(33-34-25)32-24-17-29-21(14-28)16-31-24)30-15-19-8-10-35(11-9-19)26(36)37-27(2,3)4/h5-7,12-13,16-17,19H,8-11,15H2,1-4H3,(H2,30,31,32,33). The van der Waals surface area contributed by atoms with Crippen LogP contribution in [0.15, 0.2) is 42.7 Å². The highest BCUT2D eigenvalue weighted by molar-refractivity contribution is 5.76. The summed E-state index contributed by atoms with van der Waals surface area (Å²) in [6.45, 7) is 9.77. The second kappa shape index (κ2) is 11.2. The Morgan fingerprint density at radius 3 is 2.57 bits per heavy atom. The molecule has 0 atom stereocenters. The fourth-order valence-electron chi connectivity index (χ4n) is 4.08. The quantitative estimate of drug-likeness (QED) is 0.484. The second-order valence-corrected chi connectivity index (χ2v) is 10.2. The van der Waals surface area contributed by atoms with E-state index in [0.29, 0.717) is 30.6 Å². The molecule has 0 saturated carbocycles. The molecule has 10 heteroatoms. The van der Waals surface area contributed by atoms with Gasteiger partial charge < -0.3 is 20.3 Å². The van der Waals surface area contributed by atoms with Gasteiger partial charge in [0.15, 0.2) is 11.5 Å². The summed E-state index contributed by atoms with van der Waals surface area (Å²) < 4.78 is 5.51. The van der Waals surface area contributed by atoms with Crippen LogP contribution in [0.1, 0.15) is 44.9 Å². The molecule has 37 heavy (non-hydrogen) atoms. The minimum absolute atomic E-state index is 0.242. The molecule has 3 heterocycles. The van der Waals surface area contributed by atoms with Gasteiger partial charge in [-0.3, -0.25) is 0 Å². The molecule has 0 spiro atoms. The maximum Gasteiger partial charge on any atom is 0.410 e. The smallest absolute Gasteiger partial charge is 0.410 e. The van der Waals surface area contributed by atoms with Gasteiger partial charge in [-0.1, -0.05) is 23.8 Å². The molecule has 0 bridgehead atoms. The van der Waals surface area contributed by atoms with Gasteiger partial charge in [0.05, 0.1) is 18.1 Å². The Morgan fingerprint density at radius 2 is 1.92 bits per heavy atom. The fourth-order valence-corrected chi connectivity index (χ4v) is 4.08. The molecule has 1 fully saturated rings. The Bertz CT molecular complexity index is 1270. The number of aromatic nitrogens is 4. The molecule has 1 amide bonds. The first-order chi connectivity index (χ1) is 17.7. The van der Waals surface area contributed by atoms with Crippen molar-refractivity contribution in [2.45, 2.75) is 46.1 Å². The van der Waals surface area contributed by atoms with Gasteiger partial charge >= 0.3 is 6.09 Å². The number of rotatable bonds is 6. The van der Waals surface area contributed by atoms with E-state index in [9.17, 15) is 4.79 Å². The van der Waals surface area contributed by atoms with Gasteiger partial charge in [0.1, 0.15) is 23.2 Å². The summed E-state index contributed by atoms with van der Waals surface area (Å²) in [5.74, 6) is 1.38. The normalized spacial score (nSPS) is 14.1. The number of anilines is 3. The van der Waals surface area contributed by atoms with E-state index in [1.54, 1.807) is 4.90 Å². The number of piperidine rings is 1. The Morgan fingerprint density at radius 1 is 1.14 bits per heavy atom. The van der Waals surface area contributed by atoms with Crippen molar-refractivity contribution in [1.29, 1.82) is 5.26 Å². The molecule has 1 aromatic carbocycles. The molecule has 1 aliphatic rings. The number of likely N-dealkylation sites (tertiary alicyclic amines) is 1. The van der Waals surface area contributed by atoms with Crippen LogP contribution < -0.4 is 10.6 Å². The Kier molecular flexibility index (Phi) is 7.82. The number of hydrogen-bond acceptors (Lipinski definition) is 9. The van der Waals surface area contributed by atoms with Gasteiger partial charge in [0.25, 0.3) is 0 Å². The Labute approximate surface area is 217 Å². The van der Waals surface area contributed by atoms with Crippen LogP contribution in [-0.4, -0.2) is 56.4 Å². The fraction of sp³-hybridized carbons (Fsp3) is 0.407. The molecule has 2 aromatic heterocycles. The van der Waals surface area contributed by atoms with Crippen LogP contribution in [0.4, 0.5) is 22.1 Å².